The molecular formula is C14H20ClNO. The van der Waals surface area contributed by atoms with Crippen LogP contribution in [0.2, 0.25) is 5.02 Å². The average molecular weight is 254 g/mol. The van der Waals surface area contributed by atoms with Gasteiger partial charge in [0, 0.05) is 28.9 Å². The molecule has 0 radical (unpaired) electrons. The van der Waals surface area contributed by atoms with Gasteiger partial charge in [-0.15, -0.1) is 0 Å². The minimum absolute atomic E-state index is 0.00772. The van der Waals surface area contributed by atoms with Gasteiger partial charge >= 0.3 is 0 Å². The predicted molar refractivity (Wildman–Crippen MR) is 72.6 cm³/mol. The maximum absolute atomic E-state index is 9.46. The van der Waals surface area contributed by atoms with E-state index < -0.39 is 0 Å². The fraction of sp³-hybridized carbons (Fsp3) is 0.571. The molecule has 2 unspecified atom stereocenters. The van der Waals surface area contributed by atoms with Crippen molar-refractivity contribution in [1.82, 2.24) is 0 Å². The third-order valence-corrected chi connectivity index (χ3v) is 4.05. The molecule has 1 heterocycles. The van der Waals surface area contributed by atoms with Gasteiger partial charge in [0.2, 0.25) is 0 Å². The number of piperidine rings is 1. The molecule has 2 rings (SSSR count). The summed E-state index contributed by atoms with van der Waals surface area (Å²) in [4.78, 5) is 2.37. The Hall–Kier alpha value is -0.730. The second-order valence-corrected chi connectivity index (χ2v) is 5.47. The van der Waals surface area contributed by atoms with Crippen molar-refractivity contribution in [2.45, 2.75) is 39.3 Å². The van der Waals surface area contributed by atoms with Crippen molar-refractivity contribution in [1.29, 1.82) is 0 Å². The Labute approximate surface area is 108 Å². The predicted octanol–water partition coefficient (Wildman–Crippen LogP) is 3.46. The van der Waals surface area contributed by atoms with Crippen LogP contribution in [0.25, 0.3) is 0 Å². The lowest BCUT2D eigenvalue weighted by Crippen LogP contribution is -2.40. The summed E-state index contributed by atoms with van der Waals surface area (Å²) in [5.74, 6) is 0.790. The first-order valence-corrected chi connectivity index (χ1v) is 6.66. The van der Waals surface area contributed by atoms with Crippen LogP contribution >= 0.6 is 11.6 Å². The molecule has 1 aromatic rings. The summed E-state index contributed by atoms with van der Waals surface area (Å²) in [7, 11) is 0. The van der Waals surface area contributed by atoms with Crippen molar-refractivity contribution in [2.24, 2.45) is 5.92 Å². The van der Waals surface area contributed by atoms with Crippen molar-refractivity contribution < 1.29 is 5.11 Å². The number of hydrogen-bond donors (Lipinski definition) is 1. The molecule has 94 valence electrons. The van der Waals surface area contributed by atoms with Crippen molar-refractivity contribution in [3.05, 3.63) is 28.8 Å². The molecule has 0 bridgehead atoms. The minimum Gasteiger partial charge on any atom is -0.392 e. The summed E-state index contributed by atoms with van der Waals surface area (Å²) in [5.41, 5.74) is 1.95. The Morgan fingerprint density at radius 3 is 2.82 bits per heavy atom. The number of rotatable bonds is 2. The molecule has 0 aliphatic carbocycles. The molecule has 1 fully saturated rings. The van der Waals surface area contributed by atoms with E-state index >= 15 is 0 Å². The molecule has 0 amide bonds. The van der Waals surface area contributed by atoms with Crippen molar-refractivity contribution in [3.8, 4) is 0 Å². The van der Waals surface area contributed by atoms with Gasteiger partial charge < -0.3 is 10.0 Å². The normalized spacial score (nSPS) is 25.1. The van der Waals surface area contributed by atoms with Crippen LogP contribution in [-0.4, -0.2) is 17.7 Å². The van der Waals surface area contributed by atoms with Gasteiger partial charge in [-0.05, 0) is 37.8 Å². The summed E-state index contributed by atoms with van der Waals surface area (Å²) in [6, 6.07) is 6.38. The van der Waals surface area contributed by atoms with Gasteiger partial charge in [0.1, 0.15) is 0 Å². The van der Waals surface area contributed by atoms with Gasteiger partial charge in [-0.2, -0.15) is 0 Å². The topological polar surface area (TPSA) is 23.5 Å². The van der Waals surface area contributed by atoms with Gasteiger partial charge in [0.15, 0.2) is 0 Å². The highest BCUT2D eigenvalue weighted by molar-refractivity contribution is 6.31. The van der Waals surface area contributed by atoms with Crippen LogP contribution in [-0.2, 0) is 6.61 Å². The zero-order valence-electron chi connectivity index (χ0n) is 10.5. The number of hydrogen-bond acceptors (Lipinski definition) is 2. The molecule has 1 aliphatic heterocycles. The molecular weight excluding hydrogens is 234 g/mol. The van der Waals surface area contributed by atoms with Crippen molar-refractivity contribution >= 4 is 17.3 Å². The van der Waals surface area contributed by atoms with Crippen LogP contribution in [0.15, 0.2) is 18.2 Å². The lowest BCUT2D eigenvalue weighted by atomic mass is 9.92. The Balaban J connectivity index is 2.30. The SMILES string of the molecule is CC1CCN(c2cccc(Cl)c2CO)C(C)C1. The third-order valence-electron chi connectivity index (χ3n) is 3.70. The molecule has 17 heavy (non-hydrogen) atoms. The molecule has 1 saturated heterocycles. The standard InChI is InChI=1S/C14H20ClNO/c1-10-6-7-16(11(2)8-10)14-5-3-4-13(15)12(14)9-17/h3-5,10-11,17H,6-9H2,1-2H3. The van der Waals surface area contributed by atoms with E-state index in [1.165, 1.54) is 12.8 Å². The van der Waals surface area contributed by atoms with E-state index in [-0.39, 0.29) is 6.61 Å². The van der Waals surface area contributed by atoms with E-state index in [2.05, 4.69) is 24.8 Å². The quantitative estimate of drug-likeness (QED) is 0.873. The largest absolute Gasteiger partial charge is 0.392 e. The molecule has 3 heteroatoms. The zero-order chi connectivity index (χ0) is 12.4. The van der Waals surface area contributed by atoms with Crippen molar-refractivity contribution in [3.63, 3.8) is 0 Å². The lowest BCUT2D eigenvalue weighted by molar-refractivity contribution is 0.281. The first kappa shape index (κ1) is 12.7. The smallest absolute Gasteiger partial charge is 0.0716 e. The Kier molecular flexibility index (Phi) is 3.95. The van der Waals surface area contributed by atoms with Crippen LogP contribution in [0, 0.1) is 5.92 Å². The Morgan fingerprint density at radius 1 is 1.41 bits per heavy atom. The third kappa shape index (κ3) is 2.58. The maximum Gasteiger partial charge on any atom is 0.0716 e. The zero-order valence-corrected chi connectivity index (χ0v) is 11.2. The molecule has 0 aromatic heterocycles. The van der Waals surface area contributed by atoms with Gasteiger partial charge in [-0.25, -0.2) is 0 Å². The minimum atomic E-state index is 0.00772. The second kappa shape index (κ2) is 5.28. The number of nitrogens with zero attached hydrogens (tertiary/aromatic N) is 1. The van der Waals surface area contributed by atoms with Gasteiger partial charge in [0.25, 0.3) is 0 Å². The summed E-state index contributed by atoms with van der Waals surface area (Å²) < 4.78 is 0. The summed E-state index contributed by atoms with van der Waals surface area (Å²) >= 11 is 6.14. The van der Waals surface area contributed by atoms with Crippen LogP contribution in [0.3, 0.4) is 0 Å². The molecule has 0 saturated carbocycles. The highest BCUT2D eigenvalue weighted by atomic mass is 35.5. The molecule has 1 aliphatic rings. The molecule has 2 atom stereocenters. The van der Waals surface area contributed by atoms with Gasteiger partial charge in [0.05, 0.1) is 6.61 Å². The first-order chi connectivity index (χ1) is 8.13. The number of benzene rings is 1. The monoisotopic (exact) mass is 253 g/mol. The summed E-state index contributed by atoms with van der Waals surface area (Å²) in [6.45, 7) is 5.61. The van der Waals surface area contributed by atoms with Crippen LogP contribution in [0.5, 0.6) is 0 Å². The van der Waals surface area contributed by atoms with Crippen LogP contribution < -0.4 is 4.90 Å². The second-order valence-electron chi connectivity index (χ2n) is 5.07. The van der Waals surface area contributed by atoms with E-state index in [9.17, 15) is 5.11 Å². The molecule has 1 aromatic carbocycles. The molecule has 2 nitrogen and oxygen atoms in total. The highest BCUT2D eigenvalue weighted by Crippen LogP contribution is 2.33. The Morgan fingerprint density at radius 2 is 2.18 bits per heavy atom. The van der Waals surface area contributed by atoms with Crippen molar-refractivity contribution in [2.75, 3.05) is 11.4 Å². The number of aliphatic hydroxyl groups excluding tert-OH is 1. The lowest BCUT2D eigenvalue weighted by Gasteiger charge is -2.39. The van der Waals surface area contributed by atoms with Gasteiger partial charge in [-0.1, -0.05) is 24.6 Å². The number of halogens is 1. The summed E-state index contributed by atoms with van der Waals surface area (Å²) in [5, 5.41) is 10.1. The van der Waals surface area contributed by atoms with Crippen LogP contribution in [0.1, 0.15) is 32.3 Å². The Bertz CT molecular complexity index is 394. The average Bonchev–Trinajstić information content (AvgIpc) is 2.29. The fourth-order valence-corrected chi connectivity index (χ4v) is 2.97. The summed E-state index contributed by atoms with van der Waals surface area (Å²) in [6.07, 6.45) is 2.42. The van der Waals surface area contributed by atoms with E-state index in [1.807, 2.05) is 12.1 Å². The fourth-order valence-electron chi connectivity index (χ4n) is 2.74. The first-order valence-electron chi connectivity index (χ1n) is 6.28. The van der Waals surface area contributed by atoms with E-state index in [4.69, 9.17) is 11.6 Å². The van der Waals surface area contributed by atoms with E-state index in [0.29, 0.717) is 11.1 Å². The number of aliphatic hydroxyl groups is 1. The maximum atomic E-state index is 9.46. The van der Waals surface area contributed by atoms with E-state index in [1.54, 1.807) is 0 Å². The van der Waals surface area contributed by atoms with Crippen LogP contribution in [0.4, 0.5) is 5.69 Å². The van der Waals surface area contributed by atoms with Gasteiger partial charge in [-0.3, -0.25) is 0 Å². The number of anilines is 1. The van der Waals surface area contributed by atoms with E-state index in [0.717, 1.165) is 23.7 Å². The molecule has 1 N–H and O–H groups in total. The molecule has 0 spiro atoms. The highest BCUT2D eigenvalue weighted by Gasteiger charge is 2.24.